The molecule has 100 valence electrons. The number of hydrogen-bond donors (Lipinski definition) is 2. The van der Waals surface area contributed by atoms with Gasteiger partial charge in [-0.2, -0.15) is 5.26 Å². The van der Waals surface area contributed by atoms with Gasteiger partial charge in [-0.15, -0.1) is 11.8 Å². The SMILES string of the molecule is COc1ccc(CSC2CN=C(NC#N)NC2)cc1. The van der Waals surface area contributed by atoms with Crippen LogP contribution in [0.5, 0.6) is 5.75 Å². The molecule has 1 aromatic rings. The first-order valence-electron chi connectivity index (χ1n) is 6.00. The van der Waals surface area contributed by atoms with E-state index in [0.29, 0.717) is 11.2 Å². The topological polar surface area (TPSA) is 69.4 Å². The predicted molar refractivity (Wildman–Crippen MR) is 77.1 cm³/mol. The van der Waals surface area contributed by atoms with E-state index in [-0.39, 0.29) is 0 Å². The van der Waals surface area contributed by atoms with E-state index in [1.54, 1.807) is 7.11 Å². The molecule has 1 aromatic carbocycles. The number of guanidine groups is 1. The van der Waals surface area contributed by atoms with Gasteiger partial charge in [0.15, 0.2) is 6.19 Å². The Morgan fingerprint density at radius 3 is 2.89 bits per heavy atom. The van der Waals surface area contributed by atoms with Crippen molar-refractivity contribution in [2.75, 3.05) is 20.2 Å². The van der Waals surface area contributed by atoms with E-state index in [1.165, 1.54) is 5.56 Å². The minimum atomic E-state index is 0.436. The highest BCUT2D eigenvalue weighted by molar-refractivity contribution is 7.99. The van der Waals surface area contributed by atoms with Crippen LogP contribution >= 0.6 is 11.8 Å². The van der Waals surface area contributed by atoms with E-state index < -0.39 is 0 Å². The molecule has 0 fully saturated rings. The molecule has 1 heterocycles. The van der Waals surface area contributed by atoms with Crippen LogP contribution in [0.15, 0.2) is 29.3 Å². The van der Waals surface area contributed by atoms with Gasteiger partial charge in [-0.3, -0.25) is 10.3 Å². The first-order valence-corrected chi connectivity index (χ1v) is 7.04. The van der Waals surface area contributed by atoms with Crippen LogP contribution in [0, 0.1) is 11.5 Å². The maximum absolute atomic E-state index is 8.48. The molecular formula is C13H16N4OS. The Morgan fingerprint density at radius 1 is 1.53 bits per heavy atom. The maximum Gasteiger partial charge on any atom is 0.204 e. The quantitative estimate of drug-likeness (QED) is 0.641. The van der Waals surface area contributed by atoms with Crippen molar-refractivity contribution >= 4 is 17.7 Å². The van der Waals surface area contributed by atoms with Crippen molar-refractivity contribution in [1.29, 1.82) is 5.26 Å². The molecule has 6 heteroatoms. The van der Waals surface area contributed by atoms with Crippen LogP contribution in [0.4, 0.5) is 0 Å². The van der Waals surface area contributed by atoms with E-state index in [1.807, 2.05) is 30.1 Å². The highest BCUT2D eigenvalue weighted by atomic mass is 32.2. The molecule has 0 saturated heterocycles. The van der Waals surface area contributed by atoms with E-state index in [9.17, 15) is 0 Å². The molecule has 0 spiro atoms. The van der Waals surface area contributed by atoms with Crippen LogP contribution in [-0.2, 0) is 5.75 Å². The van der Waals surface area contributed by atoms with Crippen LogP contribution in [0.1, 0.15) is 5.56 Å². The van der Waals surface area contributed by atoms with Crippen LogP contribution in [0.3, 0.4) is 0 Å². The van der Waals surface area contributed by atoms with Gasteiger partial charge in [0.25, 0.3) is 0 Å². The fourth-order valence-electron chi connectivity index (χ4n) is 1.71. The zero-order valence-electron chi connectivity index (χ0n) is 10.7. The summed E-state index contributed by atoms with van der Waals surface area (Å²) in [5.74, 6) is 2.40. The summed E-state index contributed by atoms with van der Waals surface area (Å²) in [6.45, 7) is 1.56. The second-order valence-electron chi connectivity index (χ2n) is 4.09. The van der Waals surface area contributed by atoms with Gasteiger partial charge in [-0.05, 0) is 17.7 Å². The van der Waals surface area contributed by atoms with Crippen molar-refractivity contribution in [2.24, 2.45) is 4.99 Å². The van der Waals surface area contributed by atoms with Gasteiger partial charge in [0, 0.05) is 17.5 Å². The summed E-state index contributed by atoms with van der Waals surface area (Å²) in [6.07, 6.45) is 1.86. The maximum atomic E-state index is 8.48. The van der Waals surface area contributed by atoms with E-state index >= 15 is 0 Å². The minimum Gasteiger partial charge on any atom is -0.497 e. The monoisotopic (exact) mass is 276 g/mol. The molecule has 0 radical (unpaired) electrons. The highest BCUT2D eigenvalue weighted by Gasteiger charge is 2.15. The predicted octanol–water partition coefficient (Wildman–Crippen LogP) is 1.33. The first kappa shape index (κ1) is 13.6. The summed E-state index contributed by atoms with van der Waals surface area (Å²) in [6, 6.07) is 8.10. The molecule has 0 aliphatic carbocycles. The summed E-state index contributed by atoms with van der Waals surface area (Å²) in [7, 11) is 1.67. The molecule has 5 nitrogen and oxygen atoms in total. The van der Waals surface area contributed by atoms with Gasteiger partial charge in [0.2, 0.25) is 5.96 Å². The Bertz CT molecular complexity index is 480. The Kier molecular flexibility index (Phi) is 4.93. The average molecular weight is 276 g/mol. The number of thioether (sulfide) groups is 1. The van der Waals surface area contributed by atoms with Gasteiger partial charge in [0.05, 0.1) is 13.7 Å². The number of methoxy groups -OCH3 is 1. The minimum absolute atomic E-state index is 0.436. The third kappa shape index (κ3) is 4.07. The van der Waals surface area contributed by atoms with Gasteiger partial charge in [-0.25, -0.2) is 0 Å². The van der Waals surface area contributed by atoms with E-state index in [2.05, 4.69) is 27.8 Å². The van der Waals surface area contributed by atoms with Crippen LogP contribution in [-0.4, -0.2) is 31.4 Å². The summed E-state index contributed by atoms with van der Waals surface area (Å²) >= 11 is 1.86. The van der Waals surface area contributed by atoms with E-state index in [4.69, 9.17) is 10.00 Å². The normalized spacial score (nSPS) is 17.9. The van der Waals surface area contributed by atoms with Crippen LogP contribution < -0.4 is 15.4 Å². The molecule has 1 unspecified atom stereocenters. The largest absolute Gasteiger partial charge is 0.497 e. The van der Waals surface area contributed by atoms with Crippen LogP contribution in [0.2, 0.25) is 0 Å². The molecule has 19 heavy (non-hydrogen) atoms. The Labute approximate surface area is 117 Å². The lowest BCUT2D eigenvalue weighted by atomic mass is 10.2. The molecule has 0 bridgehead atoms. The number of ether oxygens (including phenoxy) is 1. The standard InChI is InChI=1S/C13H16N4OS/c1-18-11-4-2-10(3-5-11)8-19-12-6-15-13(16-7-12)17-9-14/h2-5,12H,6-8H2,1H3,(H2,15,16,17). The molecule has 2 rings (SSSR count). The molecule has 0 saturated carbocycles. The molecule has 2 N–H and O–H groups in total. The van der Waals surface area contributed by atoms with Crippen molar-refractivity contribution in [3.05, 3.63) is 29.8 Å². The van der Waals surface area contributed by atoms with Crippen LogP contribution in [0.25, 0.3) is 0 Å². The van der Waals surface area contributed by atoms with Gasteiger partial charge < -0.3 is 10.1 Å². The zero-order chi connectivity index (χ0) is 13.5. The van der Waals surface area contributed by atoms with Gasteiger partial charge in [-0.1, -0.05) is 12.1 Å². The summed E-state index contributed by atoms with van der Waals surface area (Å²) in [5.41, 5.74) is 1.27. The van der Waals surface area contributed by atoms with Crippen molar-refractivity contribution in [3.63, 3.8) is 0 Å². The van der Waals surface area contributed by atoms with E-state index in [0.717, 1.165) is 24.6 Å². The highest BCUT2D eigenvalue weighted by Crippen LogP contribution is 2.21. The van der Waals surface area contributed by atoms with Crippen molar-refractivity contribution in [3.8, 4) is 11.9 Å². The fourth-order valence-corrected chi connectivity index (χ4v) is 2.71. The third-order valence-corrected chi connectivity index (χ3v) is 4.06. The number of benzene rings is 1. The zero-order valence-corrected chi connectivity index (χ0v) is 11.5. The van der Waals surface area contributed by atoms with Crippen molar-refractivity contribution in [2.45, 2.75) is 11.0 Å². The Hall–Kier alpha value is -1.87. The van der Waals surface area contributed by atoms with Gasteiger partial charge in [0.1, 0.15) is 5.75 Å². The number of aliphatic imine (C=N–C) groups is 1. The number of rotatable bonds is 4. The van der Waals surface area contributed by atoms with Crippen molar-refractivity contribution in [1.82, 2.24) is 10.6 Å². The summed E-state index contributed by atoms with van der Waals surface area (Å²) in [5, 5.41) is 14.5. The molecule has 0 aromatic heterocycles. The molecule has 1 aliphatic rings. The summed E-state index contributed by atoms with van der Waals surface area (Å²) in [4.78, 5) is 4.27. The Balaban J connectivity index is 1.78. The average Bonchev–Trinajstić information content (AvgIpc) is 2.47. The molecular weight excluding hydrogens is 260 g/mol. The number of nitrogens with one attached hydrogen (secondary N) is 2. The summed E-state index contributed by atoms with van der Waals surface area (Å²) < 4.78 is 5.13. The fraction of sp³-hybridized carbons (Fsp3) is 0.385. The first-order chi connectivity index (χ1) is 9.31. The van der Waals surface area contributed by atoms with Crippen molar-refractivity contribution < 1.29 is 4.74 Å². The number of nitriles is 1. The molecule has 0 amide bonds. The molecule has 1 aliphatic heterocycles. The molecule has 1 atom stereocenters. The smallest absolute Gasteiger partial charge is 0.204 e. The Morgan fingerprint density at radius 2 is 2.32 bits per heavy atom. The lowest BCUT2D eigenvalue weighted by molar-refractivity contribution is 0.414. The lowest BCUT2D eigenvalue weighted by Gasteiger charge is -2.21. The number of nitrogens with zero attached hydrogens (tertiary/aromatic N) is 2. The third-order valence-electron chi connectivity index (χ3n) is 2.77. The second-order valence-corrected chi connectivity index (χ2v) is 5.38. The number of hydrogen-bond acceptors (Lipinski definition) is 6. The van der Waals surface area contributed by atoms with Gasteiger partial charge >= 0.3 is 0 Å². The second kappa shape index (κ2) is 6.90. The lowest BCUT2D eigenvalue weighted by Crippen LogP contribution is -2.43.